The molecule has 1 unspecified atom stereocenters. The SMILES string of the molecule is COCC(O)(Cc1nnn(C)n1)C1CC1. The van der Waals surface area contributed by atoms with Gasteiger partial charge in [0.05, 0.1) is 19.3 Å². The van der Waals surface area contributed by atoms with Gasteiger partial charge < -0.3 is 9.84 Å². The molecule has 0 aliphatic heterocycles. The van der Waals surface area contributed by atoms with Gasteiger partial charge in [-0.25, -0.2) is 0 Å². The molecule has 1 saturated carbocycles. The molecule has 1 heterocycles. The number of aryl methyl sites for hydroxylation is 1. The monoisotopic (exact) mass is 212 g/mol. The minimum Gasteiger partial charge on any atom is -0.387 e. The van der Waals surface area contributed by atoms with Gasteiger partial charge in [-0.15, -0.1) is 10.2 Å². The van der Waals surface area contributed by atoms with E-state index < -0.39 is 5.60 Å². The predicted molar refractivity (Wildman–Crippen MR) is 52.1 cm³/mol. The third-order valence-electron chi connectivity index (χ3n) is 2.75. The number of hydrogen-bond acceptors (Lipinski definition) is 5. The van der Waals surface area contributed by atoms with Crippen molar-refractivity contribution >= 4 is 0 Å². The summed E-state index contributed by atoms with van der Waals surface area (Å²) in [6.07, 6.45) is 2.53. The zero-order valence-corrected chi connectivity index (χ0v) is 9.05. The fraction of sp³-hybridized carbons (Fsp3) is 0.889. The Bertz CT molecular complexity index is 337. The topological polar surface area (TPSA) is 73.1 Å². The lowest BCUT2D eigenvalue weighted by molar-refractivity contribution is -0.0487. The van der Waals surface area contributed by atoms with E-state index in [9.17, 15) is 5.11 Å². The quantitative estimate of drug-likeness (QED) is 0.715. The van der Waals surface area contributed by atoms with Crippen LogP contribution in [0.25, 0.3) is 0 Å². The van der Waals surface area contributed by atoms with Crippen molar-refractivity contribution in [3.63, 3.8) is 0 Å². The maximum absolute atomic E-state index is 10.4. The molecule has 1 aliphatic carbocycles. The molecule has 15 heavy (non-hydrogen) atoms. The number of aliphatic hydroxyl groups is 1. The Kier molecular flexibility index (Phi) is 2.70. The van der Waals surface area contributed by atoms with Crippen molar-refractivity contribution in [3.8, 4) is 0 Å². The molecule has 1 atom stereocenters. The van der Waals surface area contributed by atoms with Crippen LogP contribution in [0.15, 0.2) is 0 Å². The Balaban J connectivity index is 2.06. The maximum Gasteiger partial charge on any atom is 0.177 e. The molecule has 1 fully saturated rings. The number of nitrogens with zero attached hydrogens (tertiary/aromatic N) is 4. The zero-order chi connectivity index (χ0) is 10.9. The first kappa shape index (κ1) is 10.5. The zero-order valence-electron chi connectivity index (χ0n) is 9.05. The molecule has 2 rings (SSSR count). The summed E-state index contributed by atoms with van der Waals surface area (Å²) >= 11 is 0. The average Bonchev–Trinajstić information content (AvgIpc) is 2.93. The number of tetrazole rings is 1. The molecule has 0 amide bonds. The van der Waals surface area contributed by atoms with Gasteiger partial charge in [0.15, 0.2) is 5.82 Å². The van der Waals surface area contributed by atoms with Crippen molar-refractivity contribution in [1.29, 1.82) is 0 Å². The first-order valence-corrected chi connectivity index (χ1v) is 5.08. The highest BCUT2D eigenvalue weighted by molar-refractivity contribution is 5.00. The number of hydrogen-bond donors (Lipinski definition) is 1. The van der Waals surface area contributed by atoms with Gasteiger partial charge >= 0.3 is 0 Å². The highest BCUT2D eigenvalue weighted by Crippen LogP contribution is 2.41. The lowest BCUT2D eigenvalue weighted by Gasteiger charge is -2.25. The van der Waals surface area contributed by atoms with Crippen molar-refractivity contribution in [1.82, 2.24) is 20.2 Å². The first-order chi connectivity index (χ1) is 7.14. The second kappa shape index (κ2) is 3.86. The summed E-state index contributed by atoms with van der Waals surface area (Å²) < 4.78 is 5.05. The summed E-state index contributed by atoms with van der Waals surface area (Å²) in [5.41, 5.74) is -0.822. The van der Waals surface area contributed by atoms with Gasteiger partial charge in [0.1, 0.15) is 0 Å². The molecule has 0 bridgehead atoms. The fourth-order valence-corrected chi connectivity index (χ4v) is 1.85. The molecule has 0 spiro atoms. The van der Waals surface area contributed by atoms with Crippen LogP contribution >= 0.6 is 0 Å². The second-order valence-corrected chi connectivity index (χ2v) is 4.18. The number of rotatable bonds is 5. The Hall–Kier alpha value is -1.01. The summed E-state index contributed by atoms with van der Waals surface area (Å²) in [7, 11) is 3.31. The molecule has 1 aliphatic rings. The van der Waals surface area contributed by atoms with E-state index in [1.807, 2.05) is 0 Å². The van der Waals surface area contributed by atoms with Crippen LogP contribution < -0.4 is 0 Å². The van der Waals surface area contributed by atoms with Crippen LogP contribution in [0.2, 0.25) is 0 Å². The van der Waals surface area contributed by atoms with E-state index in [-0.39, 0.29) is 0 Å². The predicted octanol–water partition coefficient (Wildman–Crippen LogP) is -0.460. The lowest BCUT2D eigenvalue weighted by Crippen LogP contribution is -2.39. The van der Waals surface area contributed by atoms with Crippen molar-refractivity contribution in [2.75, 3.05) is 13.7 Å². The van der Waals surface area contributed by atoms with Crippen LogP contribution in [0, 0.1) is 5.92 Å². The Morgan fingerprint density at radius 1 is 1.60 bits per heavy atom. The van der Waals surface area contributed by atoms with Crippen LogP contribution in [0.1, 0.15) is 18.7 Å². The Morgan fingerprint density at radius 3 is 2.80 bits per heavy atom. The summed E-state index contributed by atoms with van der Waals surface area (Å²) in [4.78, 5) is 1.40. The summed E-state index contributed by atoms with van der Waals surface area (Å²) in [6, 6.07) is 0. The summed E-state index contributed by atoms with van der Waals surface area (Å²) in [5.74, 6) is 0.894. The van der Waals surface area contributed by atoms with Crippen LogP contribution in [0.5, 0.6) is 0 Å². The van der Waals surface area contributed by atoms with Crippen molar-refractivity contribution in [3.05, 3.63) is 5.82 Å². The number of methoxy groups -OCH3 is 1. The molecule has 0 radical (unpaired) electrons. The Labute approximate surface area is 88.2 Å². The molecule has 1 aromatic rings. The molecule has 6 heteroatoms. The summed E-state index contributed by atoms with van der Waals surface area (Å²) in [5, 5.41) is 22.1. The Morgan fingerprint density at radius 2 is 2.33 bits per heavy atom. The number of aromatic nitrogens is 4. The van der Waals surface area contributed by atoms with E-state index in [1.165, 1.54) is 4.80 Å². The molecular weight excluding hydrogens is 196 g/mol. The van der Waals surface area contributed by atoms with Crippen LogP contribution in [0.3, 0.4) is 0 Å². The van der Waals surface area contributed by atoms with E-state index in [1.54, 1.807) is 14.2 Å². The van der Waals surface area contributed by atoms with E-state index in [0.29, 0.717) is 24.8 Å². The molecular formula is C9H16N4O2. The van der Waals surface area contributed by atoms with Crippen molar-refractivity contribution < 1.29 is 9.84 Å². The lowest BCUT2D eigenvalue weighted by atomic mass is 9.94. The first-order valence-electron chi connectivity index (χ1n) is 5.08. The average molecular weight is 212 g/mol. The standard InChI is InChI=1S/C9H16N4O2/c1-13-11-8(10-12-13)5-9(14,6-15-2)7-3-4-7/h7,14H,3-6H2,1-2H3. The van der Waals surface area contributed by atoms with E-state index in [2.05, 4.69) is 15.4 Å². The third kappa shape index (κ3) is 2.32. The maximum atomic E-state index is 10.4. The second-order valence-electron chi connectivity index (χ2n) is 4.18. The molecule has 6 nitrogen and oxygen atoms in total. The van der Waals surface area contributed by atoms with Crippen LogP contribution in [-0.4, -0.2) is 44.6 Å². The van der Waals surface area contributed by atoms with E-state index in [0.717, 1.165) is 12.8 Å². The normalized spacial score (nSPS) is 20.2. The van der Waals surface area contributed by atoms with Crippen LogP contribution in [-0.2, 0) is 18.2 Å². The van der Waals surface area contributed by atoms with Crippen molar-refractivity contribution in [2.45, 2.75) is 24.9 Å². The fourth-order valence-electron chi connectivity index (χ4n) is 1.85. The molecule has 84 valence electrons. The minimum atomic E-state index is -0.822. The smallest absolute Gasteiger partial charge is 0.177 e. The van der Waals surface area contributed by atoms with Gasteiger partial charge in [0.25, 0.3) is 0 Å². The number of ether oxygens (including phenoxy) is 1. The largest absolute Gasteiger partial charge is 0.387 e. The van der Waals surface area contributed by atoms with Gasteiger partial charge in [-0.1, -0.05) is 0 Å². The molecule has 0 aromatic carbocycles. The van der Waals surface area contributed by atoms with E-state index >= 15 is 0 Å². The molecule has 0 saturated heterocycles. The molecule has 1 N–H and O–H groups in total. The van der Waals surface area contributed by atoms with Gasteiger partial charge in [-0.2, -0.15) is 4.80 Å². The van der Waals surface area contributed by atoms with Gasteiger partial charge in [-0.05, 0) is 24.0 Å². The van der Waals surface area contributed by atoms with Gasteiger partial charge in [0.2, 0.25) is 0 Å². The van der Waals surface area contributed by atoms with Gasteiger partial charge in [0, 0.05) is 13.5 Å². The van der Waals surface area contributed by atoms with Gasteiger partial charge in [-0.3, -0.25) is 0 Å². The molecule has 1 aromatic heterocycles. The summed E-state index contributed by atoms with van der Waals surface area (Å²) in [6.45, 7) is 0.329. The highest BCUT2D eigenvalue weighted by Gasteiger charge is 2.44. The van der Waals surface area contributed by atoms with Crippen LogP contribution in [0.4, 0.5) is 0 Å². The minimum absolute atomic E-state index is 0.321. The third-order valence-corrected chi connectivity index (χ3v) is 2.75. The highest BCUT2D eigenvalue weighted by atomic mass is 16.5. The van der Waals surface area contributed by atoms with Crippen molar-refractivity contribution in [2.24, 2.45) is 13.0 Å². The van der Waals surface area contributed by atoms with E-state index in [4.69, 9.17) is 4.74 Å².